The van der Waals surface area contributed by atoms with Crippen molar-refractivity contribution in [3.63, 3.8) is 0 Å². The molecule has 0 atom stereocenters. The molecule has 0 spiro atoms. The fraction of sp³-hybridized carbons (Fsp3) is 0.250. The molecule has 2 aromatic heterocycles. The van der Waals surface area contributed by atoms with Crippen LogP contribution in [0.15, 0.2) is 43.1 Å². The minimum absolute atomic E-state index is 0.709. The van der Waals surface area contributed by atoms with E-state index in [1.807, 2.05) is 18.3 Å². The smallest absolute Gasteiger partial charge is 0.138 e. The molecule has 0 saturated carbocycles. The quantitative estimate of drug-likeness (QED) is 0.809. The van der Waals surface area contributed by atoms with Crippen molar-refractivity contribution in [3.8, 4) is 5.69 Å². The van der Waals surface area contributed by atoms with Gasteiger partial charge in [-0.25, -0.2) is 9.67 Å². The molecule has 1 aliphatic heterocycles. The molecule has 0 aliphatic carbocycles. The van der Waals surface area contributed by atoms with Crippen LogP contribution in [0.1, 0.15) is 16.8 Å². The molecule has 6 heteroatoms. The van der Waals surface area contributed by atoms with Crippen molar-refractivity contribution in [2.75, 3.05) is 6.54 Å². The van der Waals surface area contributed by atoms with E-state index in [9.17, 15) is 0 Å². The Morgan fingerprint density at radius 2 is 2.23 bits per heavy atom. The van der Waals surface area contributed by atoms with Crippen LogP contribution < -0.4 is 0 Å². The first kappa shape index (κ1) is 13.5. The summed E-state index contributed by atoms with van der Waals surface area (Å²) in [5.74, 6) is 0. The lowest BCUT2D eigenvalue weighted by atomic mass is 10.1. The Balaban J connectivity index is 1.61. The van der Waals surface area contributed by atoms with Crippen LogP contribution in [0.2, 0.25) is 5.02 Å². The summed E-state index contributed by atoms with van der Waals surface area (Å²) >= 11 is 6.15. The molecule has 1 aliphatic rings. The summed E-state index contributed by atoms with van der Waals surface area (Å²) < 4.78 is 1.77. The molecule has 3 heterocycles. The van der Waals surface area contributed by atoms with Crippen molar-refractivity contribution >= 4 is 11.6 Å². The SMILES string of the molecule is Clc1ccc(CN2CCc3[nH]ccc3C2)c(-n2cncn2)c1. The van der Waals surface area contributed by atoms with E-state index < -0.39 is 0 Å². The van der Waals surface area contributed by atoms with Gasteiger partial charge in [-0.05, 0) is 29.3 Å². The van der Waals surface area contributed by atoms with E-state index >= 15 is 0 Å². The zero-order valence-corrected chi connectivity index (χ0v) is 12.8. The normalized spacial score (nSPS) is 15.0. The molecule has 0 radical (unpaired) electrons. The van der Waals surface area contributed by atoms with E-state index in [4.69, 9.17) is 11.6 Å². The predicted octanol–water partition coefficient (Wildman–Crippen LogP) is 2.81. The third-order valence-electron chi connectivity index (χ3n) is 4.11. The maximum atomic E-state index is 6.15. The van der Waals surface area contributed by atoms with Gasteiger partial charge in [0.15, 0.2) is 0 Å². The van der Waals surface area contributed by atoms with Gasteiger partial charge >= 0.3 is 0 Å². The number of aromatic nitrogens is 4. The highest BCUT2D eigenvalue weighted by atomic mass is 35.5. The number of nitrogens with zero attached hydrogens (tertiary/aromatic N) is 4. The molecule has 0 fully saturated rings. The van der Waals surface area contributed by atoms with Crippen LogP contribution in [0.5, 0.6) is 0 Å². The van der Waals surface area contributed by atoms with Gasteiger partial charge in [0, 0.05) is 43.0 Å². The monoisotopic (exact) mass is 313 g/mol. The van der Waals surface area contributed by atoms with E-state index in [0.717, 1.165) is 31.7 Å². The van der Waals surface area contributed by atoms with Crippen LogP contribution in [-0.4, -0.2) is 31.2 Å². The van der Waals surface area contributed by atoms with Crippen LogP contribution in [0.4, 0.5) is 0 Å². The van der Waals surface area contributed by atoms with Gasteiger partial charge < -0.3 is 4.98 Å². The number of benzene rings is 1. The number of aromatic amines is 1. The summed E-state index contributed by atoms with van der Waals surface area (Å²) in [6.45, 7) is 2.89. The summed E-state index contributed by atoms with van der Waals surface area (Å²) in [5.41, 5.74) is 4.95. The van der Waals surface area contributed by atoms with Crippen LogP contribution in [0, 0.1) is 0 Å². The number of nitrogens with one attached hydrogen (secondary N) is 1. The summed E-state index contributed by atoms with van der Waals surface area (Å²) in [4.78, 5) is 9.79. The average molecular weight is 314 g/mol. The Bertz CT molecular complexity index is 778. The molecule has 0 unspecified atom stereocenters. The van der Waals surface area contributed by atoms with E-state index in [-0.39, 0.29) is 0 Å². The summed E-state index contributed by atoms with van der Waals surface area (Å²) in [6, 6.07) is 8.12. The van der Waals surface area contributed by atoms with Crippen LogP contribution >= 0.6 is 11.6 Å². The molecule has 5 nitrogen and oxygen atoms in total. The highest BCUT2D eigenvalue weighted by Crippen LogP contribution is 2.24. The molecule has 0 amide bonds. The van der Waals surface area contributed by atoms with Gasteiger partial charge in [-0.1, -0.05) is 17.7 Å². The first-order valence-corrected chi connectivity index (χ1v) is 7.68. The van der Waals surface area contributed by atoms with Crippen molar-refractivity contribution in [2.24, 2.45) is 0 Å². The second-order valence-electron chi connectivity index (χ2n) is 5.56. The lowest BCUT2D eigenvalue weighted by Gasteiger charge is -2.27. The molecule has 0 bridgehead atoms. The minimum atomic E-state index is 0.709. The standard InChI is InChI=1S/C16H16ClN5/c17-14-2-1-13(16(7-14)22-11-18-10-20-22)9-21-6-4-15-12(8-21)3-5-19-15/h1-3,5,7,10-11,19H,4,6,8-9H2. The third kappa shape index (κ3) is 2.53. The van der Waals surface area contributed by atoms with E-state index in [2.05, 4.69) is 32.1 Å². The minimum Gasteiger partial charge on any atom is -0.365 e. The fourth-order valence-corrected chi connectivity index (χ4v) is 3.17. The first-order valence-electron chi connectivity index (χ1n) is 7.30. The first-order chi connectivity index (χ1) is 10.8. The average Bonchev–Trinajstić information content (AvgIpc) is 3.19. The molecule has 112 valence electrons. The summed E-state index contributed by atoms with van der Waals surface area (Å²) in [7, 11) is 0. The molecule has 22 heavy (non-hydrogen) atoms. The molecule has 1 aromatic carbocycles. The highest BCUT2D eigenvalue weighted by molar-refractivity contribution is 6.30. The van der Waals surface area contributed by atoms with Crippen LogP contribution in [0.25, 0.3) is 5.69 Å². The van der Waals surface area contributed by atoms with Gasteiger partial charge in [0.1, 0.15) is 12.7 Å². The second-order valence-corrected chi connectivity index (χ2v) is 5.99. The summed E-state index contributed by atoms with van der Waals surface area (Å²) in [5, 5.41) is 4.94. The zero-order chi connectivity index (χ0) is 14.9. The van der Waals surface area contributed by atoms with Gasteiger partial charge in [-0.3, -0.25) is 4.90 Å². The number of H-pyrrole nitrogens is 1. The number of hydrogen-bond acceptors (Lipinski definition) is 3. The fourth-order valence-electron chi connectivity index (χ4n) is 3.00. The van der Waals surface area contributed by atoms with Gasteiger partial charge in [-0.15, -0.1) is 0 Å². The Kier molecular flexibility index (Phi) is 3.44. The van der Waals surface area contributed by atoms with Crippen molar-refractivity contribution in [2.45, 2.75) is 19.5 Å². The van der Waals surface area contributed by atoms with Crippen LogP contribution in [-0.2, 0) is 19.5 Å². The number of fused-ring (bicyclic) bond motifs is 1. The zero-order valence-electron chi connectivity index (χ0n) is 12.0. The van der Waals surface area contributed by atoms with Crippen molar-refractivity contribution in [1.82, 2.24) is 24.6 Å². The maximum Gasteiger partial charge on any atom is 0.138 e. The maximum absolute atomic E-state index is 6.15. The van der Waals surface area contributed by atoms with Crippen LogP contribution in [0.3, 0.4) is 0 Å². The largest absolute Gasteiger partial charge is 0.365 e. The lowest BCUT2D eigenvalue weighted by Crippen LogP contribution is -2.30. The van der Waals surface area contributed by atoms with Crippen molar-refractivity contribution in [1.29, 1.82) is 0 Å². The molecular weight excluding hydrogens is 298 g/mol. The molecule has 3 aromatic rings. The second kappa shape index (κ2) is 5.59. The van der Waals surface area contributed by atoms with Gasteiger partial charge in [-0.2, -0.15) is 5.10 Å². The molecule has 1 N–H and O–H groups in total. The van der Waals surface area contributed by atoms with Gasteiger partial charge in [0.25, 0.3) is 0 Å². The lowest BCUT2D eigenvalue weighted by molar-refractivity contribution is 0.244. The van der Waals surface area contributed by atoms with E-state index in [0.29, 0.717) is 5.02 Å². The predicted molar refractivity (Wildman–Crippen MR) is 85.0 cm³/mol. The Hall–Kier alpha value is -2.11. The van der Waals surface area contributed by atoms with Crippen molar-refractivity contribution < 1.29 is 0 Å². The van der Waals surface area contributed by atoms with Crippen molar-refractivity contribution in [3.05, 3.63) is 65.0 Å². The number of hydrogen-bond donors (Lipinski definition) is 1. The van der Waals surface area contributed by atoms with Gasteiger partial charge in [0.05, 0.1) is 5.69 Å². The summed E-state index contributed by atoms with van der Waals surface area (Å²) in [6.07, 6.45) is 6.33. The van der Waals surface area contributed by atoms with Gasteiger partial charge in [0.2, 0.25) is 0 Å². The number of rotatable bonds is 3. The highest BCUT2D eigenvalue weighted by Gasteiger charge is 2.18. The van der Waals surface area contributed by atoms with E-state index in [1.54, 1.807) is 11.0 Å². The topological polar surface area (TPSA) is 49.7 Å². The Morgan fingerprint density at radius 3 is 3.09 bits per heavy atom. The number of halogens is 1. The Morgan fingerprint density at radius 1 is 1.27 bits per heavy atom. The van der Waals surface area contributed by atoms with E-state index in [1.165, 1.54) is 23.1 Å². The Labute approximate surface area is 133 Å². The molecular formula is C16H16ClN5. The molecule has 4 rings (SSSR count). The third-order valence-corrected chi connectivity index (χ3v) is 4.34. The molecule has 0 saturated heterocycles.